The molecule has 5 rings (SSSR count). The van der Waals surface area contributed by atoms with E-state index >= 15 is 0 Å². The minimum Gasteiger partial charge on any atom is -0.493 e. The summed E-state index contributed by atoms with van der Waals surface area (Å²) in [5, 5.41) is 11.0. The molecule has 0 amide bonds. The largest absolute Gasteiger partial charge is 0.493 e. The van der Waals surface area contributed by atoms with Gasteiger partial charge in [0, 0.05) is 44.5 Å². The third kappa shape index (κ3) is 5.59. The third-order valence-corrected chi connectivity index (χ3v) is 7.64. The molecule has 0 spiro atoms. The number of fused-ring (bicyclic) bond motifs is 1. The van der Waals surface area contributed by atoms with Crippen molar-refractivity contribution >= 4 is 5.82 Å². The van der Waals surface area contributed by atoms with Crippen LogP contribution in [0, 0.1) is 23.6 Å². The summed E-state index contributed by atoms with van der Waals surface area (Å²) in [6, 6.07) is 4.55. The van der Waals surface area contributed by atoms with E-state index in [-0.39, 0.29) is 35.5 Å². The second kappa shape index (κ2) is 10.5. The molecular weight excluding hydrogens is 476 g/mol. The van der Waals surface area contributed by atoms with Gasteiger partial charge in [-0.1, -0.05) is 0 Å². The van der Waals surface area contributed by atoms with E-state index in [0.29, 0.717) is 17.8 Å². The van der Waals surface area contributed by atoms with Gasteiger partial charge >= 0.3 is 6.18 Å². The Labute approximate surface area is 208 Å². The topological polar surface area (TPSA) is 59.5 Å². The van der Waals surface area contributed by atoms with Crippen molar-refractivity contribution in [2.75, 3.05) is 44.8 Å². The summed E-state index contributed by atoms with van der Waals surface area (Å²) in [7, 11) is 0. The van der Waals surface area contributed by atoms with Crippen molar-refractivity contribution in [3.8, 4) is 17.0 Å². The number of likely N-dealkylation sites (tertiary alicyclic amines) is 1. The Hall–Kier alpha value is -2.46. The number of hydrogen-bond acceptors (Lipinski definition) is 6. The quantitative estimate of drug-likeness (QED) is 0.516. The van der Waals surface area contributed by atoms with Crippen LogP contribution in [0.2, 0.25) is 0 Å². The van der Waals surface area contributed by atoms with Crippen LogP contribution in [0.1, 0.15) is 38.2 Å². The van der Waals surface area contributed by atoms with Crippen molar-refractivity contribution in [2.24, 2.45) is 17.8 Å². The highest BCUT2D eigenvalue weighted by Crippen LogP contribution is 2.42. The first-order chi connectivity index (χ1) is 17.3. The highest BCUT2D eigenvalue weighted by Gasteiger charge is 2.43. The summed E-state index contributed by atoms with van der Waals surface area (Å²) < 4.78 is 66.9. The van der Waals surface area contributed by atoms with Crippen LogP contribution in [0.4, 0.5) is 23.4 Å². The first-order valence-corrected chi connectivity index (χ1v) is 12.7. The van der Waals surface area contributed by atoms with Gasteiger partial charge in [0.15, 0.2) is 5.82 Å². The minimum atomic E-state index is -4.64. The average Bonchev–Trinajstić information content (AvgIpc) is 3.38. The lowest BCUT2D eigenvalue weighted by molar-refractivity contribution is -0.137. The molecule has 3 heterocycles. The Bertz CT molecular complexity index is 1050. The van der Waals surface area contributed by atoms with Crippen molar-refractivity contribution in [2.45, 2.75) is 44.8 Å². The van der Waals surface area contributed by atoms with Crippen LogP contribution in [0.5, 0.6) is 5.75 Å². The molecule has 0 bridgehead atoms. The van der Waals surface area contributed by atoms with Crippen LogP contribution >= 0.6 is 0 Å². The molecule has 10 heteroatoms. The number of ether oxygens (including phenoxy) is 2. The summed E-state index contributed by atoms with van der Waals surface area (Å²) in [4.78, 5) is 2.52. The van der Waals surface area contributed by atoms with E-state index in [1.807, 2.05) is 0 Å². The standard InChI is InChI=1S/C26H32F4N4O2/c1-2-36-24-4-3-19(27)11-21(24)23-12-22(26(28,29)30)25(33-32-23)31-20-9-17-14-34(15-18(17)10-20)13-16-5-7-35-8-6-16/h3-4,11-12,16-18,20H,2,5-10,13-15H2,1H3,(H,31,33)/t17-,18-/m1/s1. The number of anilines is 1. The molecule has 2 aromatic rings. The molecule has 6 nitrogen and oxygen atoms in total. The van der Waals surface area contributed by atoms with Crippen molar-refractivity contribution in [3.05, 3.63) is 35.6 Å². The maximum absolute atomic E-state index is 14.0. The molecule has 2 aliphatic heterocycles. The molecule has 1 aromatic carbocycles. The average molecular weight is 509 g/mol. The zero-order valence-corrected chi connectivity index (χ0v) is 20.4. The van der Waals surface area contributed by atoms with Crippen LogP contribution in [-0.2, 0) is 10.9 Å². The maximum atomic E-state index is 14.0. The van der Waals surface area contributed by atoms with Crippen LogP contribution in [0.25, 0.3) is 11.3 Å². The van der Waals surface area contributed by atoms with Gasteiger partial charge in [0.05, 0.1) is 12.3 Å². The zero-order valence-electron chi connectivity index (χ0n) is 20.4. The second-order valence-corrected chi connectivity index (χ2v) is 10.2. The van der Waals surface area contributed by atoms with E-state index in [9.17, 15) is 17.6 Å². The molecule has 2 atom stereocenters. The second-order valence-electron chi connectivity index (χ2n) is 10.2. The lowest BCUT2D eigenvalue weighted by Crippen LogP contribution is -2.32. The summed E-state index contributed by atoms with van der Waals surface area (Å²) in [5.41, 5.74) is -0.846. The van der Waals surface area contributed by atoms with E-state index in [1.165, 1.54) is 12.1 Å². The van der Waals surface area contributed by atoms with Gasteiger partial charge in [0.25, 0.3) is 0 Å². The molecule has 3 fully saturated rings. The molecule has 196 valence electrons. The highest BCUT2D eigenvalue weighted by atomic mass is 19.4. The van der Waals surface area contributed by atoms with Crippen molar-refractivity contribution in [1.82, 2.24) is 15.1 Å². The highest BCUT2D eigenvalue weighted by molar-refractivity contribution is 5.69. The maximum Gasteiger partial charge on any atom is 0.420 e. The van der Waals surface area contributed by atoms with Crippen molar-refractivity contribution in [1.29, 1.82) is 0 Å². The number of alkyl halides is 3. The number of benzene rings is 1. The Morgan fingerprint density at radius 1 is 1.08 bits per heavy atom. The van der Waals surface area contributed by atoms with E-state index in [4.69, 9.17) is 9.47 Å². The van der Waals surface area contributed by atoms with E-state index in [2.05, 4.69) is 20.4 Å². The fourth-order valence-electron chi connectivity index (χ4n) is 5.98. The number of rotatable bonds is 7. The van der Waals surface area contributed by atoms with E-state index < -0.39 is 17.6 Å². The molecule has 1 N–H and O–H groups in total. The Morgan fingerprint density at radius 2 is 1.81 bits per heavy atom. The summed E-state index contributed by atoms with van der Waals surface area (Å²) in [5.74, 6) is 1.03. The van der Waals surface area contributed by atoms with Crippen LogP contribution in [-0.4, -0.2) is 60.6 Å². The molecule has 2 saturated heterocycles. The summed E-state index contributed by atoms with van der Waals surface area (Å²) in [6.07, 6.45) is -0.803. The summed E-state index contributed by atoms with van der Waals surface area (Å²) >= 11 is 0. The van der Waals surface area contributed by atoms with Gasteiger partial charge in [-0.05, 0) is 74.6 Å². The minimum absolute atomic E-state index is 0.0807. The van der Waals surface area contributed by atoms with Gasteiger partial charge in [-0.25, -0.2) is 4.39 Å². The number of hydrogen-bond donors (Lipinski definition) is 1. The normalized spacial score (nSPS) is 23.7. The molecule has 36 heavy (non-hydrogen) atoms. The number of nitrogens with one attached hydrogen (secondary N) is 1. The Kier molecular flexibility index (Phi) is 7.35. The van der Waals surface area contributed by atoms with Gasteiger partial charge in [-0.15, -0.1) is 10.2 Å². The van der Waals surface area contributed by atoms with E-state index in [1.54, 1.807) is 6.92 Å². The SMILES string of the molecule is CCOc1ccc(F)cc1-c1cc(C(F)(F)F)c(NC2C[C@@H]3CN(CC4CCOCC4)C[C@H]3C2)nn1. The predicted octanol–water partition coefficient (Wildman–Crippen LogP) is 5.25. The van der Waals surface area contributed by atoms with Crippen LogP contribution in [0.15, 0.2) is 24.3 Å². The Balaban J connectivity index is 1.28. The fourth-order valence-corrected chi connectivity index (χ4v) is 5.98. The van der Waals surface area contributed by atoms with Crippen LogP contribution < -0.4 is 10.1 Å². The lowest BCUT2D eigenvalue weighted by atomic mass is 10.00. The fraction of sp³-hybridized carbons (Fsp3) is 0.615. The molecule has 0 radical (unpaired) electrons. The van der Waals surface area contributed by atoms with Gasteiger partial charge in [0.1, 0.15) is 17.1 Å². The summed E-state index contributed by atoms with van der Waals surface area (Å²) in [6.45, 7) is 6.79. The molecular formula is C26H32F4N4O2. The van der Waals surface area contributed by atoms with Crippen molar-refractivity contribution in [3.63, 3.8) is 0 Å². The van der Waals surface area contributed by atoms with Crippen LogP contribution in [0.3, 0.4) is 0 Å². The van der Waals surface area contributed by atoms with E-state index in [0.717, 1.165) is 70.7 Å². The van der Waals surface area contributed by atoms with Gasteiger partial charge in [-0.2, -0.15) is 13.2 Å². The number of halogens is 4. The first-order valence-electron chi connectivity index (χ1n) is 12.7. The lowest BCUT2D eigenvalue weighted by Gasteiger charge is -2.28. The molecule has 1 aromatic heterocycles. The zero-order chi connectivity index (χ0) is 25.3. The molecule has 3 aliphatic rings. The predicted molar refractivity (Wildman–Crippen MR) is 127 cm³/mol. The Morgan fingerprint density at radius 3 is 2.47 bits per heavy atom. The number of aromatic nitrogens is 2. The number of nitrogens with zero attached hydrogens (tertiary/aromatic N) is 3. The van der Waals surface area contributed by atoms with Crippen molar-refractivity contribution < 1.29 is 27.0 Å². The molecule has 1 aliphatic carbocycles. The van der Waals surface area contributed by atoms with Gasteiger partial charge < -0.3 is 19.7 Å². The monoisotopic (exact) mass is 508 g/mol. The molecule has 0 unspecified atom stereocenters. The van der Waals surface area contributed by atoms with Gasteiger partial charge in [0.2, 0.25) is 0 Å². The first kappa shape index (κ1) is 25.2. The smallest absolute Gasteiger partial charge is 0.420 e. The van der Waals surface area contributed by atoms with Gasteiger partial charge in [-0.3, -0.25) is 0 Å². The molecule has 1 saturated carbocycles. The third-order valence-electron chi connectivity index (χ3n) is 7.64.